The Balaban J connectivity index is 2.03. The molecule has 0 atom stereocenters. The summed E-state index contributed by atoms with van der Waals surface area (Å²) in [5.41, 5.74) is -0.173. The summed E-state index contributed by atoms with van der Waals surface area (Å²) in [6.45, 7) is 1.87. The second kappa shape index (κ2) is 8.53. The summed E-state index contributed by atoms with van der Waals surface area (Å²) in [5.74, 6) is 0.894. The molecule has 2 rings (SSSR count). The Morgan fingerprint density at radius 1 is 1.12 bits per heavy atom. The van der Waals surface area contributed by atoms with Crippen molar-refractivity contribution in [3.63, 3.8) is 0 Å². The zero-order valence-electron chi connectivity index (χ0n) is 13.9. The highest BCUT2D eigenvalue weighted by molar-refractivity contribution is 5.94. The number of nitrogens with zero attached hydrogens (tertiary/aromatic N) is 1. The minimum Gasteiger partial charge on any atom is -0.497 e. The van der Waals surface area contributed by atoms with E-state index >= 15 is 0 Å². The van der Waals surface area contributed by atoms with Gasteiger partial charge in [-0.25, -0.2) is 0 Å². The van der Waals surface area contributed by atoms with Gasteiger partial charge in [0.05, 0.1) is 24.7 Å². The molecule has 0 saturated heterocycles. The van der Waals surface area contributed by atoms with Crippen LogP contribution in [0.1, 0.15) is 6.92 Å². The topological polar surface area (TPSA) is 99.9 Å². The number of rotatable bonds is 8. The van der Waals surface area contributed by atoms with Crippen molar-refractivity contribution in [3.8, 4) is 17.2 Å². The summed E-state index contributed by atoms with van der Waals surface area (Å²) < 4.78 is 15.7. The van der Waals surface area contributed by atoms with Crippen LogP contribution in [0, 0.1) is 10.1 Å². The number of amides is 1. The van der Waals surface area contributed by atoms with E-state index in [1.54, 1.807) is 37.3 Å². The van der Waals surface area contributed by atoms with Crippen LogP contribution in [0.2, 0.25) is 0 Å². The van der Waals surface area contributed by atoms with E-state index < -0.39 is 10.8 Å². The Labute approximate surface area is 144 Å². The fraction of sp³-hybridized carbons (Fsp3) is 0.235. The van der Waals surface area contributed by atoms with E-state index in [-0.39, 0.29) is 18.0 Å². The Morgan fingerprint density at radius 2 is 1.84 bits per heavy atom. The molecule has 25 heavy (non-hydrogen) atoms. The Kier molecular flexibility index (Phi) is 6.16. The lowest BCUT2D eigenvalue weighted by Gasteiger charge is -2.10. The average Bonchev–Trinajstić information content (AvgIpc) is 2.61. The molecule has 0 aliphatic rings. The predicted octanol–water partition coefficient (Wildman–Crippen LogP) is 3.02. The van der Waals surface area contributed by atoms with Crippen LogP contribution >= 0.6 is 0 Å². The van der Waals surface area contributed by atoms with Crippen LogP contribution in [0.15, 0.2) is 42.5 Å². The third kappa shape index (κ3) is 5.10. The number of ether oxygens (including phenoxy) is 3. The van der Waals surface area contributed by atoms with Gasteiger partial charge in [0.25, 0.3) is 11.6 Å². The first-order valence-electron chi connectivity index (χ1n) is 7.51. The van der Waals surface area contributed by atoms with Gasteiger partial charge in [-0.2, -0.15) is 0 Å². The second-order valence-electron chi connectivity index (χ2n) is 4.88. The molecule has 2 aromatic rings. The van der Waals surface area contributed by atoms with E-state index in [0.717, 1.165) is 0 Å². The van der Waals surface area contributed by atoms with Gasteiger partial charge < -0.3 is 19.5 Å². The zero-order chi connectivity index (χ0) is 18.2. The predicted molar refractivity (Wildman–Crippen MR) is 91.4 cm³/mol. The lowest BCUT2D eigenvalue weighted by Crippen LogP contribution is -2.20. The first-order valence-corrected chi connectivity index (χ1v) is 7.51. The molecule has 0 spiro atoms. The third-order valence-electron chi connectivity index (χ3n) is 3.16. The lowest BCUT2D eigenvalue weighted by molar-refractivity contribution is -0.384. The highest BCUT2D eigenvalue weighted by Crippen LogP contribution is 2.29. The molecule has 0 radical (unpaired) electrons. The lowest BCUT2D eigenvalue weighted by atomic mass is 10.2. The Bertz CT molecular complexity index is 763. The van der Waals surface area contributed by atoms with Crippen molar-refractivity contribution in [2.24, 2.45) is 0 Å². The van der Waals surface area contributed by atoms with Crippen molar-refractivity contribution in [1.82, 2.24) is 0 Å². The molecule has 0 aliphatic carbocycles. The molecule has 1 amide bonds. The molecule has 0 aliphatic heterocycles. The number of carbonyl (C=O) groups excluding carboxylic acids is 1. The molecule has 0 bridgehead atoms. The van der Waals surface area contributed by atoms with E-state index in [4.69, 9.17) is 14.2 Å². The van der Waals surface area contributed by atoms with Gasteiger partial charge in [0.15, 0.2) is 6.61 Å². The van der Waals surface area contributed by atoms with Gasteiger partial charge in [-0.3, -0.25) is 14.9 Å². The van der Waals surface area contributed by atoms with Gasteiger partial charge >= 0.3 is 0 Å². The minimum absolute atomic E-state index is 0.0766. The smallest absolute Gasteiger partial charge is 0.296 e. The molecule has 1 N–H and O–H groups in total. The molecule has 0 unspecified atom stereocenters. The van der Waals surface area contributed by atoms with Gasteiger partial charge in [0, 0.05) is 6.07 Å². The molecule has 8 nitrogen and oxygen atoms in total. The number of nitro groups is 1. The minimum atomic E-state index is -0.582. The number of hydrogen-bond acceptors (Lipinski definition) is 6. The van der Waals surface area contributed by atoms with Gasteiger partial charge in [-0.05, 0) is 31.2 Å². The zero-order valence-corrected chi connectivity index (χ0v) is 13.9. The average molecular weight is 346 g/mol. The van der Waals surface area contributed by atoms with Gasteiger partial charge in [0.2, 0.25) is 0 Å². The molecule has 132 valence electrons. The van der Waals surface area contributed by atoms with Crippen LogP contribution in [-0.2, 0) is 4.79 Å². The van der Waals surface area contributed by atoms with E-state index in [0.29, 0.717) is 23.9 Å². The first kappa shape index (κ1) is 18.1. The molecule has 8 heteroatoms. The fourth-order valence-corrected chi connectivity index (χ4v) is 2.05. The van der Waals surface area contributed by atoms with E-state index in [9.17, 15) is 14.9 Å². The van der Waals surface area contributed by atoms with Crippen LogP contribution < -0.4 is 19.5 Å². The van der Waals surface area contributed by atoms with Crippen LogP contribution in [0.5, 0.6) is 17.2 Å². The molecule has 0 heterocycles. The summed E-state index contributed by atoms with van der Waals surface area (Å²) in [6, 6.07) is 11.0. The summed E-state index contributed by atoms with van der Waals surface area (Å²) in [7, 11) is 1.52. The third-order valence-corrected chi connectivity index (χ3v) is 3.16. The van der Waals surface area contributed by atoms with Crippen molar-refractivity contribution < 1.29 is 23.9 Å². The molecular formula is C17H18N2O6. The van der Waals surface area contributed by atoms with E-state index in [2.05, 4.69) is 5.32 Å². The van der Waals surface area contributed by atoms with Crippen LogP contribution in [0.25, 0.3) is 0 Å². The van der Waals surface area contributed by atoms with Crippen molar-refractivity contribution in [3.05, 3.63) is 52.6 Å². The number of anilines is 1. The van der Waals surface area contributed by atoms with E-state index in [1.165, 1.54) is 19.2 Å². The summed E-state index contributed by atoms with van der Waals surface area (Å²) in [5, 5.41) is 13.6. The van der Waals surface area contributed by atoms with Gasteiger partial charge in [-0.15, -0.1) is 0 Å². The van der Waals surface area contributed by atoms with Gasteiger partial charge in [0.1, 0.15) is 22.9 Å². The van der Waals surface area contributed by atoms with Crippen LogP contribution in [0.4, 0.5) is 11.4 Å². The maximum atomic E-state index is 12.0. The van der Waals surface area contributed by atoms with Gasteiger partial charge in [-0.1, -0.05) is 6.07 Å². The molecule has 0 saturated carbocycles. The summed E-state index contributed by atoms with van der Waals surface area (Å²) in [4.78, 5) is 22.6. The van der Waals surface area contributed by atoms with Crippen molar-refractivity contribution >= 4 is 17.3 Å². The van der Waals surface area contributed by atoms with Crippen LogP contribution in [-0.4, -0.2) is 31.2 Å². The number of methoxy groups -OCH3 is 1. The maximum Gasteiger partial charge on any atom is 0.296 e. The summed E-state index contributed by atoms with van der Waals surface area (Å²) >= 11 is 0. The van der Waals surface area contributed by atoms with E-state index in [1.807, 2.05) is 0 Å². The Hall–Kier alpha value is -3.29. The number of benzene rings is 2. The van der Waals surface area contributed by atoms with Crippen molar-refractivity contribution in [1.29, 1.82) is 0 Å². The number of nitrogens with one attached hydrogen (secondary N) is 1. The maximum absolute atomic E-state index is 12.0. The normalized spacial score (nSPS) is 10.0. The number of hydrogen-bond donors (Lipinski definition) is 1. The highest BCUT2D eigenvalue weighted by Gasteiger charge is 2.17. The second-order valence-corrected chi connectivity index (χ2v) is 4.88. The van der Waals surface area contributed by atoms with Crippen molar-refractivity contribution in [2.75, 3.05) is 25.6 Å². The number of carbonyl (C=O) groups is 1. The number of nitro benzene ring substituents is 1. The quantitative estimate of drug-likeness (QED) is 0.582. The van der Waals surface area contributed by atoms with Crippen molar-refractivity contribution in [2.45, 2.75) is 6.92 Å². The first-order chi connectivity index (χ1) is 12.0. The fourth-order valence-electron chi connectivity index (χ4n) is 2.05. The largest absolute Gasteiger partial charge is 0.497 e. The monoisotopic (exact) mass is 346 g/mol. The summed E-state index contributed by atoms with van der Waals surface area (Å²) in [6.07, 6.45) is 0. The SMILES string of the molecule is CCOc1ccc(NC(=O)COc2cccc(OC)c2)c([N+](=O)[O-])c1. The Morgan fingerprint density at radius 3 is 2.52 bits per heavy atom. The molecule has 0 fully saturated rings. The molecule has 0 aromatic heterocycles. The molecule has 2 aromatic carbocycles. The standard InChI is InChI=1S/C17H18N2O6/c1-3-24-14-7-8-15(16(10-14)19(21)22)18-17(20)11-25-13-6-4-5-12(9-13)23-2/h4-10H,3,11H2,1-2H3,(H,18,20). The van der Waals surface area contributed by atoms with Crippen LogP contribution in [0.3, 0.4) is 0 Å². The molecular weight excluding hydrogens is 328 g/mol. The highest BCUT2D eigenvalue weighted by atomic mass is 16.6.